The second-order valence-electron chi connectivity index (χ2n) is 3.40. The lowest BCUT2D eigenvalue weighted by molar-refractivity contribution is -0.121. The van der Waals surface area contributed by atoms with Gasteiger partial charge in [0.05, 0.1) is 19.3 Å². The Labute approximate surface area is 91.3 Å². The van der Waals surface area contributed by atoms with Gasteiger partial charge in [0, 0.05) is 13.0 Å². The number of rotatable bonds is 9. The molecule has 1 atom stereocenters. The van der Waals surface area contributed by atoms with E-state index in [1.807, 2.05) is 6.92 Å². The number of carbonyl (C=O) groups excluding carboxylic acids is 1. The highest BCUT2D eigenvalue weighted by atomic mass is 16.5. The molecule has 5 heteroatoms. The van der Waals surface area contributed by atoms with Crippen molar-refractivity contribution in [1.82, 2.24) is 5.43 Å². The molecule has 90 valence electrons. The molecule has 0 aromatic rings. The highest BCUT2D eigenvalue weighted by Gasteiger charge is 2.05. The van der Waals surface area contributed by atoms with E-state index in [2.05, 4.69) is 12.3 Å². The molecular formula is C10H22N2O3. The number of carbonyl (C=O) groups is 1. The zero-order valence-corrected chi connectivity index (χ0v) is 9.62. The molecule has 1 unspecified atom stereocenters. The van der Waals surface area contributed by atoms with E-state index in [1.54, 1.807) is 0 Å². The van der Waals surface area contributed by atoms with E-state index in [0.29, 0.717) is 26.1 Å². The van der Waals surface area contributed by atoms with E-state index in [4.69, 9.17) is 15.3 Å². The highest BCUT2D eigenvalue weighted by Crippen LogP contribution is 2.01. The molecule has 1 amide bonds. The maximum Gasteiger partial charge on any atom is 0.233 e. The number of hydrazine groups is 1. The topological polar surface area (TPSA) is 73.6 Å². The molecule has 0 radical (unpaired) electrons. The van der Waals surface area contributed by atoms with Gasteiger partial charge >= 0.3 is 0 Å². The molecule has 0 aliphatic rings. The summed E-state index contributed by atoms with van der Waals surface area (Å²) in [6.07, 6.45) is 2.16. The molecule has 0 spiro atoms. The number of ether oxygens (including phenoxy) is 2. The van der Waals surface area contributed by atoms with Gasteiger partial charge in [0.15, 0.2) is 0 Å². The van der Waals surface area contributed by atoms with Crippen molar-refractivity contribution in [1.29, 1.82) is 0 Å². The molecule has 0 aromatic carbocycles. The Balaban J connectivity index is 3.25. The monoisotopic (exact) mass is 218 g/mol. The van der Waals surface area contributed by atoms with E-state index in [9.17, 15) is 4.79 Å². The van der Waals surface area contributed by atoms with Crippen molar-refractivity contribution in [2.75, 3.05) is 19.8 Å². The van der Waals surface area contributed by atoms with Gasteiger partial charge < -0.3 is 9.47 Å². The van der Waals surface area contributed by atoms with Crippen LogP contribution in [-0.2, 0) is 14.3 Å². The smallest absolute Gasteiger partial charge is 0.233 e. The zero-order valence-electron chi connectivity index (χ0n) is 9.62. The number of hydrogen-bond donors (Lipinski definition) is 2. The van der Waals surface area contributed by atoms with Gasteiger partial charge in [-0.15, -0.1) is 0 Å². The minimum absolute atomic E-state index is 0.0625. The van der Waals surface area contributed by atoms with Crippen LogP contribution in [0.25, 0.3) is 0 Å². The summed E-state index contributed by atoms with van der Waals surface area (Å²) in [5.41, 5.74) is 2.09. The minimum atomic E-state index is -0.160. The Morgan fingerprint density at radius 3 is 2.73 bits per heavy atom. The predicted molar refractivity (Wildman–Crippen MR) is 58.1 cm³/mol. The maximum atomic E-state index is 10.8. The summed E-state index contributed by atoms with van der Waals surface area (Å²) in [5.74, 6) is 4.79. The maximum absolute atomic E-state index is 10.8. The fourth-order valence-electron chi connectivity index (χ4n) is 1.04. The van der Waals surface area contributed by atoms with Crippen LogP contribution in [0.5, 0.6) is 0 Å². The summed E-state index contributed by atoms with van der Waals surface area (Å²) in [4.78, 5) is 10.8. The van der Waals surface area contributed by atoms with Gasteiger partial charge in [0.25, 0.3) is 0 Å². The molecule has 3 N–H and O–H groups in total. The average Bonchev–Trinajstić information content (AvgIpc) is 2.25. The summed E-state index contributed by atoms with van der Waals surface area (Å²) in [6, 6.07) is 0. The Morgan fingerprint density at radius 1 is 1.40 bits per heavy atom. The van der Waals surface area contributed by atoms with E-state index >= 15 is 0 Å². The van der Waals surface area contributed by atoms with Crippen LogP contribution in [0.2, 0.25) is 0 Å². The number of nitrogens with two attached hydrogens (primary N) is 1. The molecule has 0 aliphatic heterocycles. The van der Waals surface area contributed by atoms with Crippen molar-refractivity contribution in [2.45, 2.75) is 39.2 Å². The third kappa shape index (κ3) is 9.65. The van der Waals surface area contributed by atoms with Crippen molar-refractivity contribution in [3.63, 3.8) is 0 Å². The zero-order chi connectivity index (χ0) is 11.5. The van der Waals surface area contributed by atoms with Crippen LogP contribution in [0.3, 0.4) is 0 Å². The van der Waals surface area contributed by atoms with Crippen LogP contribution in [0.15, 0.2) is 0 Å². The molecule has 15 heavy (non-hydrogen) atoms. The van der Waals surface area contributed by atoms with Crippen molar-refractivity contribution in [3.8, 4) is 0 Å². The number of nitrogens with one attached hydrogen (secondary N) is 1. The lowest BCUT2D eigenvalue weighted by Gasteiger charge is -2.12. The number of amides is 1. The molecule has 0 bridgehead atoms. The standard InChI is InChI=1S/C10H22N2O3/c1-3-6-14-7-8-15-9(2)4-5-10(13)12-11/h9H,3-8,11H2,1-2H3,(H,12,13). The Bertz CT molecular complexity index is 165. The lowest BCUT2D eigenvalue weighted by Crippen LogP contribution is -2.30. The summed E-state index contributed by atoms with van der Waals surface area (Å²) >= 11 is 0. The summed E-state index contributed by atoms with van der Waals surface area (Å²) in [5, 5.41) is 0. The molecule has 0 rings (SSSR count). The molecular weight excluding hydrogens is 196 g/mol. The summed E-state index contributed by atoms with van der Waals surface area (Å²) < 4.78 is 10.7. The van der Waals surface area contributed by atoms with Gasteiger partial charge in [-0.1, -0.05) is 6.92 Å². The van der Waals surface area contributed by atoms with Gasteiger partial charge in [-0.05, 0) is 19.8 Å². The first kappa shape index (κ1) is 14.3. The van der Waals surface area contributed by atoms with E-state index < -0.39 is 0 Å². The van der Waals surface area contributed by atoms with Gasteiger partial charge in [0.2, 0.25) is 5.91 Å². The quantitative estimate of drug-likeness (QED) is 0.257. The third-order valence-electron chi connectivity index (χ3n) is 1.92. The Hall–Kier alpha value is -0.650. The fourth-order valence-corrected chi connectivity index (χ4v) is 1.04. The Morgan fingerprint density at radius 2 is 2.13 bits per heavy atom. The first-order valence-electron chi connectivity index (χ1n) is 5.39. The Kier molecular flexibility index (Phi) is 9.46. The van der Waals surface area contributed by atoms with E-state index in [-0.39, 0.29) is 12.0 Å². The second-order valence-corrected chi connectivity index (χ2v) is 3.40. The van der Waals surface area contributed by atoms with Crippen molar-refractivity contribution >= 4 is 5.91 Å². The number of hydrogen-bond acceptors (Lipinski definition) is 4. The van der Waals surface area contributed by atoms with Crippen molar-refractivity contribution in [3.05, 3.63) is 0 Å². The fraction of sp³-hybridized carbons (Fsp3) is 0.900. The summed E-state index contributed by atoms with van der Waals surface area (Å²) in [7, 11) is 0. The highest BCUT2D eigenvalue weighted by molar-refractivity contribution is 5.75. The first-order valence-corrected chi connectivity index (χ1v) is 5.39. The predicted octanol–water partition coefficient (Wildman–Crippen LogP) is 0.588. The van der Waals surface area contributed by atoms with Gasteiger partial charge in [-0.25, -0.2) is 5.84 Å². The average molecular weight is 218 g/mol. The van der Waals surface area contributed by atoms with Crippen molar-refractivity contribution < 1.29 is 14.3 Å². The molecule has 0 saturated carbocycles. The largest absolute Gasteiger partial charge is 0.379 e. The molecule has 5 nitrogen and oxygen atoms in total. The van der Waals surface area contributed by atoms with Crippen LogP contribution in [0.1, 0.15) is 33.1 Å². The van der Waals surface area contributed by atoms with Crippen molar-refractivity contribution in [2.24, 2.45) is 5.84 Å². The molecule has 0 aromatic heterocycles. The molecule has 0 heterocycles. The summed E-state index contributed by atoms with van der Waals surface area (Å²) in [6.45, 7) is 5.96. The van der Waals surface area contributed by atoms with E-state index in [0.717, 1.165) is 13.0 Å². The third-order valence-corrected chi connectivity index (χ3v) is 1.92. The van der Waals surface area contributed by atoms with E-state index in [1.165, 1.54) is 0 Å². The minimum Gasteiger partial charge on any atom is -0.379 e. The molecule has 0 fully saturated rings. The first-order chi connectivity index (χ1) is 7.20. The van der Waals surface area contributed by atoms with Gasteiger partial charge in [-0.3, -0.25) is 10.2 Å². The van der Waals surface area contributed by atoms with Crippen LogP contribution < -0.4 is 11.3 Å². The van der Waals surface area contributed by atoms with Crippen LogP contribution in [0.4, 0.5) is 0 Å². The lowest BCUT2D eigenvalue weighted by atomic mass is 10.2. The second kappa shape index (κ2) is 9.89. The van der Waals surface area contributed by atoms with Crippen LogP contribution in [0, 0.1) is 0 Å². The van der Waals surface area contributed by atoms with Crippen LogP contribution >= 0.6 is 0 Å². The molecule has 0 saturated heterocycles. The van der Waals surface area contributed by atoms with Crippen LogP contribution in [-0.4, -0.2) is 31.8 Å². The molecule has 0 aliphatic carbocycles. The normalized spacial score (nSPS) is 12.5. The van der Waals surface area contributed by atoms with Gasteiger partial charge in [0.1, 0.15) is 0 Å². The SMILES string of the molecule is CCCOCCOC(C)CCC(=O)NN. The van der Waals surface area contributed by atoms with Gasteiger partial charge in [-0.2, -0.15) is 0 Å².